The number of amides is 1. The third-order valence-corrected chi connectivity index (χ3v) is 2.81. The lowest BCUT2D eigenvalue weighted by atomic mass is 10.1. The van der Waals surface area contributed by atoms with Crippen LogP contribution in [0.3, 0.4) is 0 Å². The summed E-state index contributed by atoms with van der Waals surface area (Å²) < 4.78 is 5.06. The molecule has 0 aromatic heterocycles. The van der Waals surface area contributed by atoms with Crippen LogP contribution in [0.5, 0.6) is 0 Å². The highest BCUT2D eigenvalue weighted by Gasteiger charge is 2.06. The van der Waals surface area contributed by atoms with Crippen molar-refractivity contribution in [2.24, 2.45) is 0 Å². The quantitative estimate of drug-likeness (QED) is 0.909. The largest absolute Gasteiger partial charge is 0.380 e. The predicted octanol–water partition coefficient (Wildman–Crippen LogP) is 3.39. The van der Waals surface area contributed by atoms with Gasteiger partial charge in [-0.15, -0.1) is 0 Å². The van der Waals surface area contributed by atoms with Crippen molar-refractivity contribution in [2.75, 3.05) is 12.4 Å². The van der Waals surface area contributed by atoms with E-state index in [-0.39, 0.29) is 5.91 Å². The summed E-state index contributed by atoms with van der Waals surface area (Å²) in [7, 11) is 1.64. The number of rotatable bonds is 4. The summed E-state index contributed by atoms with van der Waals surface area (Å²) in [6, 6.07) is 15.2. The Hall–Kier alpha value is -2.13. The molecule has 2 rings (SSSR count). The van der Waals surface area contributed by atoms with E-state index in [9.17, 15) is 4.79 Å². The molecule has 0 heterocycles. The van der Waals surface area contributed by atoms with E-state index in [4.69, 9.17) is 4.74 Å². The van der Waals surface area contributed by atoms with Crippen molar-refractivity contribution in [2.45, 2.75) is 13.5 Å². The van der Waals surface area contributed by atoms with Crippen LogP contribution in [0.1, 0.15) is 21.5 Å². The number of carbonyl (C=O) groups excluding carboxylic acids is 1. The molecule has 0 unspecified atom stereocenters. The third-order valence-electron chi connectivity index (χ3n) is 2.81. The molecule has 3 heteroatoms. The second kappa shape index (κ2) is 6.16. The molecule has 0 bridgehead atoms. The van der Waals surface area contributed by atoms with Gasteiger partial charge in [-0.2, -0.15) is 0 Å². The molecule has 0 saturated carbocycles. The monoisotopic (exact) mass is 255 g/mol. The van der Waals surface area contributed by atoms with Gasteiger partial charge in [0.25, 0.3) is 5.91 Å². The minimum absolute atomic E-state index is 0.109. The fraction of sp³-hybridized carbons (Fsp3) is 0.188. The number of aryl methyl sites for hydroxylation is 1. The molecule has 2 aromatic rings. The normalized spacial score (nSPS) is 10.2. The molecule has 1 N–H and O–H groups in total. The fourth-order valence-corrected chi connectivity index (χ4v) is 1.81. The first-order chi connectivity index (χ1) is 9.19. The molecule has 0 spiro atoms. The predicted molar refractivity (Wildman–Crippen MR) is 76.3 cm³/mol. The summed E-state index contributed by atoms with van der Waals surface area (Å²) >= 11 is 0. The maximum Gasteiger partial charge on any atom is 0.255 e. The Morgan fingerprint density at radius 1 is 1.16 bits per heavy atom. The smallest absolute Gasteiger partial charge is 0.255 e. The maximum absolute atomic E-state index is 12.1. The number of methoxy groups -OCH3 is 1. The van der Waals surface area contributed by atoms with Crippen molar-refractivity contribution < 1.29 is 9.53 Å². The van der Waals surface area contributed by atoms with Gasteiger partial charge < -0.3 is 10.1 Å². The molecular weight excluding hydrogens is 238 g/mol. The summed E-state index contributed by atoms with van der Waals surface area (Å²) in [4.78, 5) is 12.1. The Bertz CT molecular complexity index is 561. The molecular formula is C16H17NO2. The molecule has 1 amide bonds. The Morgan fingerprint density at radius 2 is 1.89 bits per heavy atom. The summed E-state index contributed by atoms with van der Waals surface area (Å²) in [5, 5.41) is 2.87. The minimum Gasteiger partial charge on any atom is -0.380 e. The average molecular weight is 255 g/mol. The molecule has 0 radical (unpaired) electrons. The van der Waals surface area contributed by atoms with E-state index in [0.717, 1.165) is 11.3 Å². The molecule has 19 heavy (non-hydrogen) atoms. The Balaban J connectivity index is 2.11. The molecule has 0 atom stereocenters. The Labute approximate surface area is 113 Å². The van der Waals surface area contributed by atoms with Gasteiger partial charge >= 0.3 is 0 Å². The SMILES string of the molecule is COCc1cccc(C(=O)Nc2ccc(C)cc2)c1. The van der Waals surface area contributed by atoms with Gasteiger partial charge in [-0.25, -0.2) is 0 Å². The molecule has 0 aliphatic heterocycles. The van der Waals surface area contributed by atoms with E-state index in [1.54, 1.807) is 13.2 Å². The molecule has 3 nitrogen and oxygen atoms in total. The van der Waals surface area contributed by atoms with Crippen LogP contribution in [-0.4, -0.2) is 13.0 Å². The van der Waals surface area contributed by atoms with Crippen molar-refractivity contribution in [1.29, 1.82) is 0 Å². The van der Waals surface area contributed by atoms with Gasteiger partial charge in [0, 0.05) is 18.4 Å². The maximum atomic E-state index is 12.1. The summed E-state index contributed by atoms with van der Waals surface area (Å²) in [6.45, 7) is 2.52. The van der Waals surface area contributed by atoms with E-state index in [2.05, 4.69) is 5.32 Å². The van der Waals surface area contributed by atoms with Crippen molar-refractivity contribution in [3.8, 4) is 0 Å². The van der Waals surface area contributed by atoms with Gasteiger partial charge in [-0.3, -0.25) is 4.79 Å². The number of nitrogens with one attached hydrogen (secondary N) is 1. The highest BCUT2D eigenvalue weighted by molar-refractivity contribution is 6.04. The van der Waals surface area contributed by atoms with Crippen LogP contribution >= 0.6 is 0 Å². The number of carbonyl (C=O) groups is 1. The first-order valence-corrected chi connectivity index (χ1v) is 6.15. The van der Waals surface area contributed by atoms with Gasteiger partial charge in [-0.05, 0) is 36.8 Å². The average Bonchev–Trinajstić information content (AvgIpc) is 2.42. The third kappa shape index (κ3) is 3.66. The van der Waals surface area contributed by atoms with Crippen LogP contribution < -0.4 is 5.32 Å². The van der Waals surface area contributed by atoms with Gasteiger partial charge in [0.1, 0.15) is 0 Å². The molecule has 0 aliphatic carbocycles. The number of hydrogen-bond acceptors (Lipinski definition) is 2. The van der Waals surface area contributed by atoms with E-state index >= 15 is 0 Å². The van der Waals surface area contributed by atoms with Gasteiger partial charge in [-0.1, -0.05) is 29.8 Å². The van der Waals surface area contributed by atoms with Crippen molar-refractivity contribution in [1.82, 2.24) is 0 Å². The zero-order chi connectivity index (χ0) is 13.7. The van der Waals surface area contributed by atoms with Crippen LogP contribution in [0.25, 0.3) is 0 Å². The Morgan fingerprint density at radius 3 is 2.58 bits per heavy atom. The number of benzene rings is 2. The summed E-state index contributed by atoms with van der Waals surface area (Å²) in [5.41, 5.74) is 3.59. The molecule has 98 valence electrons. The van der Waals surface area contributed by atoms with Crippen molar-refractivity contribution in [3.63, 3.8) is 0 Å². The lowest BCUT2D eigenvalue weighted by Crippen LogP contribution is -2.12. The van der Waals surface area contributed by atoms with Gasteiger partial charge in [0.15, 0.2) is 0 Å². The van der Waals surface area contributed by atoms with Crippen molar-refractivity contribution in [3.05, 3.63) is 65.2 Å². The van der Waals surface area contributed by atoms with Crippen LogP contribution in [-0.2, 0) is 11.3 Å². The second-order valence-corrected chi connectivity index (χ2v) is 4.45. The fourth-order valence-electron chi connectivity index (χ4n) is 1.81. The van der Waals surface area contributed by atoms with Crippen LogP contribution in [0, 0.1) is 6.92 Å². The number of anilines is 1. The van der Waals surface area contributed by atoms with E-state index in [1.165, 1.54) is 5.56 Å². The van der Waals surface area contributed by atoms with Crippen LogP contribution in [0.4, 0.5) is 5.69 Å². The molecule has 0 aliphatic rings. The van der Waals surface area contributed by atoms with Crippen molar-refractivity contribution >= 4 is 11.6 Å². The number of hydrogen-bond donors (Lipinski definition) is 1. The topological polar surface area (TPSA) is 38.3 Å². The minimum atomic E-state index is -0.109. The van der Waals surface area contributed by atoms with E-state index in [0.29, 0.717) is 12.2 Å². The standard InChI is InChI=1S/C16H17NO2/c1-12-6-8-15(9-7-12)17-16(18)14-5-3-4-13(10-14)11-19-2/h3-10H,11H2,1-2H3,(H,17,18). The van der Waals surface area contributed by atoms with Crippen LogP contribution in [0.15, 0.2) is 48.5 Å². The van der Waals surface area contributed by atoms with Crippen LogP contribution in [0.2, 0.25) is 0 Å². The number of ether oxygens (including phenoxy) is 1. The zero-order valence-electron chi connectivity index (χ0n) is 11.1. The highest BCUT2D eigenvalue weighted by atomic mass is 16.5. The summed E-state index contributed by atoms with van der Waals surface area (Å²) in [5.74, 6) is -0.109. The summed E-state index contributed by atoms with van der Waals surface area (Å²) in [6.07, 6.45) is 0. The van der Waals surface area contributed by atoms with Gasteiger partial charge in [0.2, 0.25) is 0 Å². The lowest BCUT2D eigenvalue weighted by molar-refractivity contribution is 0.102. The van der Waals surface area contributed by atoms with E-state index < -0.39 is 0 Å². The first-order valence-electron chi connectivity index (χ1n) is 6.15. The lowest BCUT2D eigenvalue weighted by Gasteiger charge is -2.07. The first kappa shape index (κ1) is 13.3. The molecule has 0 saturated heterocycles. The Kier molecular flexibility index (Phi) is 4.31. The molecule has 2 aromatic carbocycles. The molecule has 0 fully saturated rings. The zero-order valence-corrected chi connectivity index (χ0v) is 11.1. The second-order valence-electron chi connectivity index (χ2n) is 4.45. The highest BCUT2D eigenvalue weighted by Crippen LogP contribution is 2.12. The van der Waals surface area contributed by atoms with E-state index in [1.807, 2.05) is 49.4 Å². The van der Waals surface area contributed by atoms with Gasteiger partial charge in [0.05, 0.1) is 6.61 Å².